The Bertz CT molecular complexity index is 1180. The number of anilines is 2. The third-order valence-corrected chi connectivity index (χ3v) is 5.85. The van der Waals surface area contributed by atoms with Crippen LogP contribution in [0.3, 0.4) is 0 Å². The van der Waals surface area contributed by atoms with Gasteiger partial charge in [0.25, 0.3) is 11.8 Å². The van der Waals surface area contributed by atoms with Crippen LogP contribution >= 0.6 is 11.3 Å². The number of hydrogen-bond donors (Lipinski definition) is 1. The van der Waals surface area contributed by atoms with Gasteiger partial charge < -0.3 is 10.1 Å². The minimum Gasteiger partial charge on any atom is -0.489 e. The van der Waals surface area contributed by atoms with Crippen LogP contribution in [0, 0.1) is 13.8 Å². The van der Waals surface area contributed by atoms with Gasteiger partial charge in [0.15, 0.2) is 0 Å². The molecule has 0 aliphatic carbocycles. The van der Waals surface area contributed by atoms with E-state index < -0.39 is 5.91 Å². The van der Waals surface area contributed by atoms with E-state index in [-0.39, 0.29) is 17.7 Å². The Hall–Kier alpha value is -3.38. The van der Waals surface area contributed by atoms with Crippen LogP contribution in [0.5, 0.6) is 5.75 Å². The SMILES string of the molecule is Cc1ccc(NC2=C(c3cccs3)C(=O)N(c3ccccc3OC(C)C)C2=O)c(C)c1. The summed E-state index contributed by atoms with van der Waals surface area (Å²) in [4.78, 5) is 29.1. The molecule has 0 unspecified atom stereocenters. The van der Waals surface area contributed by atoms with Crippen LogP contribution < -0.4 is 15.0 Å². The molecular formula is C25H24N2O3S. The second-order valence-electron chi connectivity index (χ2n) is 7.75. The molecule has 0 saturated carbocycles. The zero-order chi connectivity index (χ0) is 22.1. The predicted octanol–water partition coefficient (Wildman–Crippen LogP) is 5.55. The van der Waals surface area contributed by atoms with Crippen molar-refractivity contribution in [3.8, 4) is 5.75 Å². The topological polar surface area (TPSA) is 58.6 Å². The molecule has 0 spiro atoms. The number of hydrogen-bond acceptors (Lipinski definition) is 5. The number of nitrogens with zero attached hydrogens (tertiary/aromatic N) is 1. The summed E-state index contributed by atoms with van der Waals surface area (Å²) in [6, 6.07) is 16.8. The molecule has 5 nitrogen and oxygen atoms in total. The molecule has 2 amide bonds. The zero-order valence-electron chi connectivity index (χ0n) is 17.9. The number of benzene rings is 2. The summed E-state index contributed by atoms with van der Waals surface area (Å²) < 4.78 is 5.88. The summed E-state index contributed by atoms with van der Waals surface area (Å²) in [6.45, 7) is 7.82. The lowest BCUT2D eigenvalue weighted by molar-refractivity contribution is -0.120. The van der Waals surface area contributed by atoms with Gasteiger partial charge in [0.05, 0.1) is 17.4 Å². The van der Waals surface area contributed by atoms with Crippen molar-refractivity contribution in [2.75, 3.05) is 10.2 Å². The highest BCUT2D eigenvalue weighted by Crippen LogP contribution is 2.39. The van der Waals surface area contributed by atoms with E-state index in [1.807, 2.05) is 69.5 Å². The number of ether oxygens (including phenoxy) is 1. The van der Waals surface area contributed by atoms with Crippen LogP contribution in [-0.4, -0.2) is 17.9 Å². The first-order valence-electron chi connectivity index (χ1n) is 10.1. The minimum absolute atomic E-state index is 0.0912. The van der Waals surface area contributed by atoms with Gasteiger partial charge >= 0.3 is 0 Å². The van der Waals surface area contributed by atoms with Crippen molar-refractivity contribution < 1.29 is 14.3 Å². The van der Waals surface area contributed by atoms with E-state index in [9.17, 15) is 9.59 Å². The van der Waals surface area contributed by atoms with Crippen LogP contribution in [0.4, 0.5) is 11.4 Å². The third-order valence-electron chi connectivity index (χ3n) is 4.96. The molecule has 1 aliphatic heterocycles. The van der Waals surface area contributed by atoms with Gasteiger partial charge in [0.2, 0.25) is 0 Å². The molecule has 0 bridgehead atoms. The van der Waals surface area contributed by atoms with Gasteiger partial charge in [-0.15, -0.1) is 11.3 Å². The Labute approximate surface area is 186 Å². The highest BCUT2D eigenvalue weighted by atomic mass is 32.1. The quantitative estimate of drug-likeness (QED) is 0.519. The van der Waals surface area contributed by atoms with Crippen molar-refractivity contribution >= 4 is 40.1 Å². The molecule has 1 aromatic heterocycles. The van der Waals surface area contributed by atoms with Gasteiger partial charge in [-0.2, -0.15) is 0 Å². The number of carbonyl (C=O) groups is 2. The molecule has 2 aromatic carbocycles. The minimum atomic E-state index is -0.395. The maximum atomic E-state index is 13.6. The molecule has 1 N–H and O–H groups in total. The van der Waals surface area contributed by atoms with Gasteiger partial charge in [-0.3, -0.25) is 9.59 Å². The molecule has 158 valence electrons. The Morgan fingerprint density at radius 1 is 0.968 bits per heavy atom. The number of carbonyl (C=O) groups excluding carboxylic acids is 2. The fourth-order valence-corrected chi connectivity index (χ4v) is 4.37. The molecule has 1 aliphatic rings. The highest BCUT2D eigenvalue weighted by molar-refractivity contribution is 7.11. The third kappa shape index (κ3) is 3.99. The van der Waals surface area contributed by atoms with Crippen LogP contribution in [0.25, 0.3) is 5.57 Å². The largest absolute Gasteiger partial charge is 0.489 e. The van der Waals surface area contributed by atoms with Crippen molar-refractivity contribution in [3.63, 3.8) is 0 Å². The van der Waals surface area contributed by atoms with E-state index >= 15 is 0 Å². The van der Waals surface area contributed by atoms with Crippen LogP contribution in [0.15, 0.2) is 65.7 Å². The Balaban J connectivity index is 1.81. The van der Waals surface area contributed by atoms with Crippen LogP contribution in [0.1, 0.15) is 29.9 Å². The van der Waals surface area contributed by atoms with Crippen LogP contribution in [-0.2, 0) is 9.59 Å². The Morgan fingerprint density at radius 3 is 2.42 bits per heavy atom. The van der Waals surface area contributed by atoms with E-state index in [1.54, 1.807) is 18.2 Å². The van der Waals surface area contributed by atoms with Gasteiger partial charge in [-0.25, -0.2) is 4.90 Å². The van der Waals surface area contributed by atoms with Gasteiger partial charge in [-0.05, 0) is 62.9 Å². The second-order valence-corrected chi connectivity index (χ2v) is 8.70. The summed E-state index contributed by atoms with van der Waals surface area (Å²) in [5.74, 6) is -0.259. The zero-order valence-corrected chi connectivity index (χ0v) is 18.7. The second kappa shape index (κ2) is 8.40. The Kier molecular flexibility index (Phi) is 5.65. The number of para-hydroxylation sites is 2. The lowest BCUT2D eigenvalue weighted by atomic mass is 10.1. The van der Waals surface area contributed by atoms with Crippen LogP contribution in [0.2, 0.25) is 0 Å². The maximum Gasteiger partial charge on any atom is 0.282 e. The molecule has 0 saturated heterocycles. The predicted molar refractivity (Wildman–Crippen MR) is 125 cm³/mol. The normalized spacial score (nSPS) is 14.0. The Morgan fingerprint density at radius 2 is 1.74 bits per heavy atom. The lowest BCUT2D eigenvalue weighted by Crippen LogP contribution is -2.33. The van der Waals surface area contributed by atoms with Crippen molar-refractivity contribution in [2.45, 2.75) is 33.8 Å². The van der Waals surface area contributed by atoms with E-state index in [0.29, 0.717) is 17.0 Å². The average Bonchev–Trinajstić information content (AvgIpc) is 3.31. The molecule has 0 radical (unpaired) electrons. The summed E-state index contributed by atoms with van der Waals surface area (Å²) in [7, 11) is 0. The van der Waals surface area contributed by atoms with Crippen molar-refractivity contribution in [1.82, 2.24) is 0 Å². The summed E-state index contributed by atoms with van der Waals surface area (Å²) >= 11 is 1.43. The van der Waals surface area contributed by atoms with E-state index in [4.69, 9.17) is 4.74 Å². The number of thiophene rings is 1. The monoisotopic (exact) mass is 432 g/mol. The van der Waals surface area contributed by atoms with E-state index in [1.165, 1.54) is 16.2 Å². The molecule has 6 heteroatoms. The van der Waals surface area contributed by atoms with E-state index in [0.717, 1.165) is 21.7 Å². The highest BCUT2D eigenvalue weighted by Gasteiger charge is 2.42. The molecule has 0 atom stereocenters. The average molecular weight is 433 g/mol. The van der Waals surface area contributed by atoms with Crippen molar-refractivity contribution in [1.29, 1.82) is 0 Å². The number of imide groups is 1. The van der Waals surface area contributed by atoms with E-state index in [2.05, 4.69) is 5.32 Å². The standard InChI is InChI=1S/C25H24N2O3S/c1-15(2)30-20-9-6-5-8-19(20)27-24(28)22(21-10-7-13-31-21)23(25(27)29)26-18-12-11-16(3)14-17(18)4/h5-15,26H,1-4H3. The summed E-state index contributed by atoms with van der Waals surface area (Å²) in [6.07, 6.45) is -0.0912. The first-order valence-corrected chi connectivity index (χ1v) is 11.0. The smallest absolute Gasteiger partial charge is 0.282 e. The molecule has 0 fully saturated rings. The van der Waals surface area contributed by atoms with Crippen molar-refractivity contribution in [2.24, 2.45) is 0 Å². The number of nitrogens with one attached hydrogen (secondary N) is 1. The summed E-state index contributed by atoms with van der Waals surface area (Å²) in [5.41, 5.74) is 4.02. The fourth-order valence-electron chi connectivity index (χ4n) is 3.60. The molecule has 2 heterocycles. The molecule has 4 rings (SSSR count). The summed E-state index contributed by atoms with van der Waals surface area (Å²) in [5, 5.41) is 5.14. The van der Waals surface area contributed by atoms with Gasteiger partial charge in [-0.1, -0.05) is 35.9 Å². The van der Waals surface area contributed by atoms with Crippen molar-refractivity contribution in [3.05, 3.63) is 81.7 Å². The molecule has 31 heavy (non-hydrogen) atoms. The number of aryl methyl sites for hydroxylation is 2. The van der Waals surface area contributed by atoms with Gasteiger partial charge in [0, 0.05) is 10.6 Å². The molecule has 3 aromatic rings. The fraction of sp³-hybridized carbons (Fsp3) is 0.200. The number of rotatable bonds is 6. The lowest BCUT2D eigenvalue weighted by Gasteiger charge is -2.20. The first-order chi connectivity index (χ1) is 14.9. The first kappa shape index (κ1) is 20.9. The maximum absolute atomic E-state index is 13.6. The number of amides is 2. The van der Waals surface area contributed by atoms with Gasteiger partial charge in [0.1, 0.15) is 11.4 Å². The molecular weight excluding hydrogens is 408 g/mol.